The fraction of sp³-hybridized carbons (Fsp3) is 0.619. The number of carboxylic acids is 3. The van der Waals surface area contributed by atoms with Crippen LogP contribution in [-0.4, -0.2) is 101 Å². The molecule has 16 heteroatoms. The molecule has 0 aliphatic heterocycles. The van der Waals surface area contributed by atoms with Gasteiger partial charge in [0.1, 0.15) is 17.9 Å². The van der Waals surface area contributed by atoms with Crippen LogP contribution < -0.4 is 26.6 Å². The molecule has 0 spiro atoms. The predicted molar refractivity (Wildman–Crippen MR) is 124 cm³/mol. The van der Waals surface area contributed by atoms with Gasteiger partial charge in [-0.2, -0.15) is 0 Å². The van der Waals surface area contributed by atoms with E-state index >= 15 is 0 Å². The number of carbonyl (C=O) groups excluding carboxylic acids is 5. The van der Waals surface area contributed by atoms with Crippen molar-refractivity contribution in [3.8, 4) is 0 Å². The molecule has 16 nitrogen and oxygen atoms in total. The summed E-state index contributed by atoms with van der Waals surface area (Å²) in [6, 6.07) is -3.93. The zero-order chi connectivity index (χ0) is 28.5. The second-order valence-corrected chi connectivity index (χ2v) is 7.96. The van der Waals surface area contributed by atoms with Gasteiger partial charge in [-0.15, -0.1) is 0 Å². The summed E-state index contributed by atoms with van der Waals surface area (Å²) in [7, 11) is 1.39. The number of carboxylic acid groups (broad SMARTS) is 3. The summed E-state index contributed by atoms with van der Waals surface area (Å²) in [6.07, 6.45) is -2.34. The first-order valence-corrected chi connectivity index (χ1v) is 11.2. The van der Waals surface area contributed by atoms with Crippen LogP contribution >= 0.6 is 0 Å². The summed E-state index contributed by atoms with van der Waals surface area (Å²) in [5.41, 5.74) is 0. The van der Waals surface area contributed by atoms with Gasteiger partial charge < -0.3 is 41.9 Å². The molecule has 0 aliphatic carbocycles. The summed E-state index contributed by atoms with van der Waals surface area (Å²) in [5.74, 6) is -7.46. The van der Waals surface area contributed by atoms with E-state index in [2.05, 4.69) is 26.6 Å². The van der Waals surface area contributed by atoms with E-state index in [9.17, 15) is 38.4 Å². The molecule has 0 aromatic carbocycles. The second-order valence-electron chi connectivity index (χ2n) is 7.96. The van der Waals surface area contributed by atoms with Crippen LogP contribution in [0.1, 0.15) is 45.4 Å². The molecule has 0 saturated carbocycles. The SMILES string of the molecule is CN[C@@H](CCC(=O)O)C(=O)N[C@@H](CCC(=O)O)C(=O)N[C@@H](CCC(=O)O)C(=O)NCC(=O)NCC(C)=O. The van der Waals surface area contributed by atoms with Gasteiger partial charge in [0.2, 0.25) is 23.6 Å². The lowest BCUT2D eigenvalue weighted by molar-refractivity contribution is -0.140. The van der Waals surface area contributed by atoms with Gasteiger partial charge in [0.25, 0.3) is 0 Å². The quantitative estimate of drug-likeness (QED) is 0.0827. The smallest absolute Gasteiger partial charge is 0.303 e. The first kappa shape index (κ1) is 32.9. The minimum atomic E-state index is -1.46. The van der Waals surface area contributed by atoms with E-state index in [1.165, 1.54) is 14.0 Å². The lowest BCUT2D eigenvalue weighted by Gasteiger charge is -2.24. The Kier molecular flexibility index (Phi) is 15.5. The molecule has 4 amide bonds. The van der Waals surface area contributed by atoms with Crippen molar-refractivity contribution in [1.82, 2.24) is 26.6 Å². The Morgan fingerprint density at radius 1 is 0.595 bits per heavy atom. The second kappa shape index (κ2) is 17.4. The molecule has 0 unspecified atom stereocenters. The van der Waals surface area contributed by atoms with E-state index in [4.69, 9.17) is 15.3 Å². The summed E-state index contributed by atoms with van der Waals surface area (Å²) < 4.78 is 0. The van der Waals surface area contributed by atoms with Crippen LogP contribution in [0.15, 0.2) is 0 Å². The Bertz CT molecular complexity index is 877. The molecule has 37 heavy (non-hydrogen) atoms. The Hall–Kier alpha value is -4.08. The third-order valence-electron chi connectivity index (χ3n) is 4.83. The maximum Gasteiger partial charge on any atom is 0.303 e. The molecular formula is C21H33N5O11. The topological polar surface area (TPSA) is 257 Å². The monoisotopic (exact) mass is 531 g/mol. The maximum atomic E-state index is 12.9. The van der Waals surface area contributed by atoms with Crippen molar-refractivity contribution < 1.29 is 53.7 Å². The molecule has 0 bridgehead atoms. The Morgan fingerprint density at radius 2 is 1.00 bits per heavy atom. The molecule has 208 valence electrons. The van der Waals surface area contributed by atoms with Crippen LogP contribution in [0.2, 0.25) is 0 Å². The lowest BCUT2D eigenvalue weighted by atomic mass is 10.1. The van der Waals surface area contributed by atoms with Crippen molar-refractivity contribution in [3.63, 3.8) is 0 Å². The highest BCUT2D eigenvalue weighted by Crippen LogP contribution is 2.05. The zero-order valence-corrected chi connectivity index (χ0v) is 20.5. The average Bonchev–Trinajstić information content (AvgIpc) is 2.81. The summed E-state index contributed by atoms with van der Waals surface area (Å²) in [4.78, 5) is 93.4. The van der Waals surface area contributed by atoms with Crippen LogP contribution in [0.4, 0.5) is 0 Å². The number of rotatable bonds is 19. The molecule has 3 atom stereocenters. The van der Waals surface area contributed by atoms with Crippen LogP contribution in [0.25, 0.3) is 0 Å². The van der Waals surface area contributed by atoms with Crippen LogP contribution in [-0.2, 0) is 38.4 Å². The standard InChI is InChI=1S/C21H33N5O11/c1-11(27)9-23-15(28)10-24-19(35)13(4-7-17(31)32)25-21(37)14(5-8-18(33)34)26-20(36)12(22-2)3-6-16(29)30/h12-14,22H,3-10H2,1-2H3,(H,23,28)(H,24,35)(H,25,37)(H,26,36)(H,29,30)(H,31,32)(H,33,34)/t12-,13-,14-/m0/s1. The van der Waals surface area contributed by atoms with Crippen molar-refractivity contribution in [3.05, 3.63) is 0 Å². The fourth-order valence-electron chi connectivity index (χ4n) is 2.87. The number of ketones is 1. The van der Waals surface area contributed by atoms with Gasteiger partial charge in [0.15, 0.2) is 0 Å². The minimum Gasteiger partial charge on any atom is -0.481 e. The normalized spacial score (nSPS) is 12.8. The van der Waals surface area contributed by atoms with Crippen LogP contribution in [0.5, 0.6) is 0 Å². The zero-order valence-electron chi connectivity index (χ0n) is 20.5. The third kappa shape index (κ3) is 15.5. The van der Waals surface area contributed by atoms with E-state index in [0.717, 1.165) is 0 Å². The number of aliphatic carboxylic acids is 3. The highest BCUT2D eigenvalue weighted by atomic mass is 16.4. The van der Waals surface area contributed by atoms with Crippen LogP contribution in [0.3, 0.4) is 0 Å². The molecule has 0 heterocycles. The molecular weight excluding hydrogens is 498 g/mol. The van der Waals surface area contributed by atoms with Crippen LogP contribution in [0, 0.1) is 0 Å². The molecule has 0 aliphatic rings. The summed E-state index contributed by atoms with van der Waals surface area (Å²) in [6.45, 7) is 0.401. The van der Waals surface area contributed by atoms with E-state index in [1.807, 2.05) is 0 Å². The van der Waals surface area contributed by atoms with E-state index in [1.54, 1.807) is 0 Å². The molecule has 0 radical (unpaired) electrons. The third-order valence-corrected chi connectivity index (χ3v) is 4.83. The van der Waals surface area contributed by atoms with Gasteiger partial charge >= 0.3 is 17.9 Å². The number of amides is 4. The molecule has 0 saturated heterocycles. The highest BCUT2D eigenvalue weighted by molar-refractivity contribution is 5.95. The Balaban J connectivity index is 5.47. The largest absolute Gasteiger partial charge is 0.481 e. The Morgan fingerprint density at radius 3 is 1.41 bits per heavy atom. The van der Waals surface area contributed by atoms with Crippen molar-refractivity contribution in [1.29, 1.82) is 0 Å². The predicted octanol–water partition coefficient (Wildman–Crippen LogP) is -3.04. The molecule has 0 aromatic heterocycles. The Labute approximate surface area is 211 Å². The fourth-order valence-corrected chi connectivity index (χ4v) is 2.87. The summed E-state index contributed by atoms with van der Waals surface area (Å²) in [5, 5.41) is 38.4. The first-order chi connectivity index (χ1) is 17.3. The van der Waals surface area contributed by atoms with Crippen molar-refractivity contribution in [2.45, 2.75) is 63.6 Å². The van der Waals surface area contributed by atoms with E-state index in [-0.39, 0.29) is 38.0 Å². The molecule has 0 aromatic rings. The first-order valence-electron chi connectivity index (χ1n) is 11.2. The minimum absolute atomic E-state index is 0.125. The summed E-state index contributed by atoms with van der Waals surface area (Å²) >= 11 is 0. The molecule has 8 N–H and O–H groups in total. The number of hydrogen-bond donors (Lipinski definition) is 8. The van der Waals surface area contributed by atoms with Gasteiger partial charge in [0, 0.05) is 19.3 Å². The van der Waals surface area contributed by atoms with Crippen molar-refractivity contribution >= 4 is 47.3 Å². The van der Waals surface area contributed by atoms with Gasteiger partial charge in [-0.05, 0) is 33.2 Å². The van der Waals surface area contributed by atoms with Crippen molar-refractivity contribution in [2.24, 2.45) is 0 Å². The number of Topliss-reactive ketones (excluding diaryl/α,β-unsaturated/α-hetero) is 1. The maximum absolute atomic E-state index is 12.9. The number of nitrogens with one attached hydrogen (secondary N) is 5. The molecule has 0 fully saturated rings. The van der Waals surface area contributed by atoms with Gasteiger partial charge in [-0.1, -0.05) is 0 Å². The van der Waals surface area contributed by atoms with E-state index in [0.29, 0.717) is 0 Å². The van der Waals surface area contributed by atoms with Gasteiger partial charge in [0.05, 0.1) is 19.1 Å². The van der Waals surface area contributed by atoms with Gasteiger partial charge in [-0.25, -0.2) is 0 Å². The molecule has 0 rings (SSSR count). The number of hydrogen-bond acceptors (Lipinski definition) is 9. The lowest BCUT2D eigenvalue weighted by Crippen LogP contribution is -2.56. The van der Waals surface area contributed by atoms with E-state index < -0.39 is 79.0 Å². The highest BCUT2D eigenvalue weighted by Gasteiger charge is 2.29. The van der Waals surface area contributed by atoms with Crippen molar-refractivity contribution in [2.75, 3.05) is 20.1 Å². The number of carbonyl (C=O) groups is 8. The van der Waals surface area contributed by atoms with Gasteiger partial charge in [-0.3, -0.25) is 38.4 Å². The number of likely N-dealkylation sites (N-methyl/N-ethyl adjacent to an activating group) is 1. The average molecular weight is 532 g/mol.